The number of hydrogen-bond donors (Lipinski definition) is 3. The SMILES string of the molecule is O=C(CC12CC3CC(CC(C3)C1)C2)Nc1ccc(O)cc1O. The van der Waals surface area contributed by atoms with Gasteiger partial charge in [-0.05, 0) is 73.8 Å². The van der Waals surface area contributed by atoms with Crippen molar-refractivity contribution in [1.29, 1.82) is 0 Å². The summed E-state index contributed by atoms with van der Waals surface area (Å²) in [6.07, 6.45) is 8.30. The van der Waals surface area contributed by atoms with Crippen LogP contribution in [-0.4, -0.2) is 16.1 Å². The molecule has 0 aromatic heterocycles. The molecule has 5 rings (SSSR count). The summed E-state index contributed by atoms with van der Waals surface area (Å²) < 4.78 is 0. The molecule has 4 aliphatic carbocycles. The normalized spacial score (nSPS) is 35.5. The number of aromatic hydroxyl groups is 2. The minimum Gasteiger partial charge on any atom is -0.508 e. The lowest BCUT2D eigenvalue weighted by molar-refractivity contribution is -0.124. The molecule has 1 aromatic rings. The summed E-state index contributed by atoms with van der Waals surface area (Å²) in [5.41, 5.74) is 0.582. The molecule has 1 aromatic carbocycles. The summed E-state index contributed by atoms with van der Waals surface area (Å²) in [5, 5.41) is 21.9. The van der Waals surface area contributed by atoms with E-state index >= 15 is 0 Å². The first-order valence-corrected chi connectivity index (χ1v) is 8.33. The highest BCUT2D eigenvalue weighted by Gasteiger charge is 2.51. The van der Waals surface area contributed by atoms with E-state index in [2.05, 4.69) is 5.32 Å². The predicted molar refractivity (Wildman–Crippen MR) is 83.6 cm³/mol. The molecular weight excluding hydrogens is 278 g/mol. The highest BCUT2D eigenvalue weighted by atomic mass is 16.3. The molecule has 4 bridgehead atoms. The van der Waals surface area contributed by atoms with Gasteiger partial charge >= 0.3 is 0 Å². The molecule has 0 heterocycles. The number of benzene rings is 1. The van der Waals surface area contributed by atoms with Crippen LogP contribution >= 0.6 is 0 Å². The van der Waals surface area contributed by atoms with E-state index in [4.69, 9.17) is 0 Å². The Balaban J connectivity index is 1.46. The van der Waals surface area contributed by atoms with Crippen molar-refractivity contribution in [3.8, 4) is 11.5 Å². The Morgan fingerprint density at radius 2 is 1.68 bits per heavy atom. The van der Waals surface area contributed by atoms with Crippen molar-refractivity contribution in [3.63, 3.8) is 0 Å². The van der Waals surface area contributed by atoms with Crippen molar-refractivity contribution in [1.82, 2.24) is 0 Å². The van der Waals surface area contributed by atoms with E-state index < -0.39 is 0 Å². The van der Waals surface area contributed by atoms with Crippen LogP contribution in [0.15, 0.2) is 18.2 Å². The lowest BCUT2D eigenvalue weighted by Gasteiger charge is -2.56. The van der Waals surface area contributed by atoms with Crippen LogP contribution in [0.4, 0.5) is 5.69 Å². The molecule has 0 radical (unpaired) electrons. The number of phenols is 2. The molecule has 118 valence electrons. The number of carbonyl (C=O) groups is 1. The average Bonchev–Trinajstić information content (AvgIpc) is 2.39. The fraction of sp³-hybridized carbons (Fsp3) is 0.611. The minimum absolute atomic E-state index is 0.00316. The van der Waals surface area contributed by atoms with Crippen LogP contribution in [0.3, 0.4) is 0 Å². The highest BCUT2D eigenvalue weighted by Crippen LogP contribution is 2.61. The molecule has 4 heteroatoms. The second-order valence-corrected chi connectivity index (χ2v) is 7.84. The van der Waals surface area contributed by atoms with E-state index in [1.807, 2.05) is 0 Å². The van der Waals surface area contributed by atoms with Gasteiger partial charge in [0, 0.05) is 12.5 Å². The number of phenolic OH excluding ortho intramolecular Hbond substituents is 2. The van der Waals surface area contributed by atoms with Crippen molar-refractivity contribution >= 4 is 11.6 Å². The summed E-state index contributed by atoms with van der Waals surface area (Å²) in [7, 11) is 0. The predicted octanol–water partition coefficient (Wildman–Crippen LogP) is 3.64. The Morgan fingerprint density at radius 3 is 2.23 bits per heavy atom. The van der Waals surface area contributed by atoms with E-state index in [0.29, 0.717) is 12.1 Å². The van der Waals surface area contributed by atoms with E-state index in [0.717, 1.165) is 17.8 Å². The summed E-state index contributed by atoms with van der Waals surface area (Å²) >= 11 is 0. The van der Waals surface area contributed by atoms with E-state index in [9.17, 15) is 15.0 Å². The van der Waals surface area contributed by atoms with Crippen molar-refractivity contribution in [3.05, 3.63) is 18.2 Å². The summed E-state index contributed by atoms with van der Waals surface area (Å²) in [4.78, 5) is 12.4. The van der Waals surface area contributed by atoms with Crippen LogP contribution in [-0.2, 0) is 4.79 Å². The number of amides is 1. The van der Waals surface area contributed by atoms with Crippen LogP contribution in [0.1, 0.15) is 44.9 Å². The molecule has 4 aliphatic rings. The summed E-state index contributed by atoms with van der Waals surface area (Å²) in [5.74, 6) is 2.40. The molecule has 0 unspecified atom stereocenters. The monoisotopic (exact) mass is 301 g/mol. The number of nitrogens with one attached hydrogen (secondary N) is 1. The van der Waals surface area contributed by atoms with E-state index in [1.165, 1.54) is 50.7 Å². The van der Waals surface area contributed by atoms with Gasteiger partial charge < -0.3 is 15.5 Å². The zero-order valence-corrected chi connectivity index (χ0v) is 12.7. The van der Waals surface area contributed by atoms with Gasteiger partial charge in [-0.3, -0.25) is 4.79 Å². The first-order chi connectivity index (χ1) is 10.5. The number of rotatable bonds is 3. The molecule has 3 N–H and O–H groups in total. The summed E-state index contributed by atoms with van der Waals surface area (Å²) in [6, 6.07) is 4.27. The topological polar surface area (TPSA) is 69.6 Å². The van der Waals surface area contributed by atoms with Gasteiger partial charge in [0.05, 0.1) is 5.69 Å². The molecule has 0 spiro atoms. The molecule has 0 saturated heterocycles. The smallest absolute Gasteiger partial charge is 0.225 e. The van der Waals surface area contributed by atoms with Crippen LogP contribution < -0.4 is 5.32 Å². The maximum Gasteiger partial charge on any atom is 0.225 e. The van der Waals surface area contributed by atoms with Gasteiger partial charge in [0.25, 0.3) is 0 Å². The van der Waals surface area contributed by atoms with Crippen molar-refractivity contribution < 1.29 is 15.0 Å². The zero-order valence-electron chi connectivity index (χ0n) is 12.7. The highest BCUT2D eigenvalue weighted by molar-refractivity contribution is 5.92. The fourth-order valence-electron chi connectivity index (χ4n) is 5.67. The molecule has 0 aliphatic heterocycles. The Hall–Kier alpha value is -1.71. The van der Waals surface area contributed by atoms with E-state index in [-0.39, 0.29) is 22.8 Å². The molecule has 0 atom stereocenters. The number of carbonyl (C=O) groups excluding carboxylic acids is 1. The lowest BCUT2D eigenvalue weighted by atomic mass is 9.49. The Kier molecular flexibility index (Phi) is 3.10. The van der Waals surface area contributed by atoms with Crippen LogP contribution in [0, 0.1) is 23.2 Å². The van der Waals surface area contributed by atoms with Crippen LogP contribution in [0.5, 0.6) is 11.5 Å². The third kappa shape index (κ3) is 2.44. The molecule has 4 saturated carbocycles. The zero-order chi connectivity index (χ0) is 15.3. The molecule has 22 heavy (non-hydrogen) atoms. The van der Waals surface area contributed by atoms with Gasteiger partial charge in [-0.2, -0.15) is 0 Å². The maximum absolute atomic E-state index is 12.4. The maximum atomic E-state index is 12.4. The van der Waals surface area contributed by atoms with Gasteiger partial charge in [0.1, 0.15) is 11.5 Å². The lowest BCUT2D eigenvalue weighted by Crippen LogP contribution is -2.47. The largest absolute Gasteiger partial charge is 0.508 e. The van der Waals surface area contributed by atoms with E-state index in [1.54, 1.807) is 6.07 Å². The second kappa shape index (κ2) is 4.90. The quantitative estimate of drug-likeness (QED) is 0.589. The molecular formula is C18H23NO3. The fourth-order valence-corrected chi connectivity index (χ4v) is 5.67. The Labute approximate surface area is 130 Å². The first kappa shape index (κ1) is 13.9. The van der Waals surface area contributed by atoms with Gasteiger partial charge in [0.2, 0.25) is 5.91 Å². The van der Waals surface area contributed by atoms with Crippen LogP contribution in [0.2, 0.25) is 0 Å². The number of hydrogen-bond acceptors (Lipinski definition) is 3. The van der Waals surface area contributed by atoms with Crippen molar-refractivity contribution in [2.75, 3.05) is 5.32 Å². The third-order valence-electron chi connectivity index (χ3n) is 5.96. The first-order valence-electron chi connectivity index (χ1n) is 8.33. The second-order valence-electron chi connectivity index (χ2n) is 7.84. The van der Waals surface area contributed by atoms with Crippen molar-refractivity contribution in [2.24, 2.45) is 23.2 Å². The molecule has 1 amide bonds. The Bertz CT molecular complexity index is 575. The Morgan fingerprint density at radius 1 is 1.09 bits per heavy atom. The van der Waals surface area contributed by atoms with Gasteiger partial charge in [-0.25, -0.2) is 0 Å². The van der Waals surface area contributed by atoms with Gasteiger partial charge in [-0.1, -0.05) is 0 Å². The third-order valence-corrected chi connectivity index (χ3v) is 5.96. The van der Waals surface area contributed by atoms with Crippen LogP contribution in [0.25, 0.3) is 0 Å². The molecule has 4 nitrogen and oxygen atoms in total. The van der Waals surface area contributed by atoms with Gasteiger partial charge in [-0.15, -0.1) is 0 Å². The standard InChI is InChI=1S/C18H23NO3/c20-14-1-2-15(16(21)6-14)19-17(22)10-18-7-11-3-12(8-18)5-13(4-11)9-18/h1-2,6,11-13,20-21H,3-5,7-10H2,(H,19,22). The molecule has 4 fully saturated rings. The minimum atomic E-state index is -0.0844. The van der Waals surface area contributed by atoms with Gasteiger partial charge in [0.15, 0.2) is 0 Å². The van der Waals surface area contributed by atoms with Crippen molar-refractivity contribution in [2.45, 2.75) is 44.9 Å². The average molecular weight is 301 g/mol. The summed E-state index contributed by atoms with van der Waals surface area (Å²) in [6.45, 7) is 0. The number of anilines is 1.